The Morgan fingerprint density at radius 3 is 2.15 bits per heavy atom. The van der Waals surface area contributed by atoms with Crippen molar-refractivity contribution in [3.8, 4) is 33.4 Å². The number of aliphatic hydroxyl groups is 1. The van der Waals surface area contributed by atoms with Crippen LogP contribution in [0.15, 0.2) is 100.0 Å². The molecule has 0 radical (unpaired) electrons. The minimum atomic E-state index is -4.15. The quantitative estimate of drug-likeness (QED) is 0.0615. The van der Waals surface area contributed by atoms with Crippen molar-refractivity contribution in [2.45, 2.75) is 128 Å². The van der Waals surface area contributed by atoms with Gasteiger partial charge in [-0.05, 0) is 96.8 Å². The molecule has 3 amide bonds. The highest BCUT2D eigenvalue weighted by molar-refractivity contribution is 7.90. The summed E-state index contributed by atoms with van der Waals surface area (Å²) in [5.74, 6) is -0.732. The lowest BCUT2D eigenvalue weighted by Gasteiger charge is -2.37. The number of carbonyl (C=O) groups excluding carboxylic acids is 4. The summed E-state index contributed by atoms with van der Waals surface area (Å²) < 4.78 is 50.4. The number of thiophene rings is 1. The van der Waals surface area contributed by atoms with Crippen LogP contribution in [-0.4, -0.2) is 107 Å². The van der Waals surface area contributed by atoms with E-state index in [1.54, 1.807) is 66.7 Å². The van der Waals surface area contributed by atoms with Crippen LogP contribution in [0, 0.1) is 18.3 Å². The second kappa shape index (κ2) is 25.1. The normalized spacial score (nSPS) is 16.5. The maximum Gasteiger partial charge on any atom is 0.328 e. The number of aryl methyl sites for hydroxylation is 4. The molecule has 79 heavy (non-hydrogen) atoms. The number of rotatable bonds is 22. The lowest BCUT2D eigenvalue weighted by Crippen LogP contribution is -2.58. The van der Waals surface area contributed by atoms with E-state index >= 15 is 0 Å². The predicted octanol–water partition coefficient (Wildman–Crippen LogP) is 9.58. The molecular formula is C61H75N5O11S2. The zero-order chi connectivity index (χ0) is 56.8. The Morgan fingerprint density at radius 1 is 0.835 bits per heavy atom. The number of nitrogens with one attached hydrogen (secondary N) is 1. The SMILES string of the molecule is CCCCCOc1cc(OCCC)cc(Oc2cc3c(cc2CS(=O)(=O)c2cccc(C(=O)N4CCC(C(=O)N[C@H](C(=O)N5C[C@H](O)C[C@H]5C(=O)CCc5ccc(-c6sccc6C)cc5)C(C)(C)C)CC4)c2)n(C)c(=O)n3C)c1. The van der Waals surface area contributed by atoms with Crippen molar-refractivity contribution < 1.29 is 46.9 Å². The van der Waals surface area contributed by atoms with Crippen molar-refractivity contribution in [1.29, 1.82) is 0 Å². The number of carbonyl (C=O) groups is 4. The highest BCUT2D eigenvalue weighted by Crippen LogP contribution is 2.37. The van der Waals surface area contributed by atoms with Crippen LogP contribution in [0.2, 0.25) is 0 Å². The fourth-order valence-corrected chi connectivity index (χ4v) is 12.8. The van der Waals surface area contributed by atoms with Gasteiger partial charge in [0.15, 0.2) is 15.6 Å². The van der Waals surface area contributed by atoms with Gasteiger partial charge in [0.1, 0.15) is 29.0 Å². The summed E-state index contributed by atoms with van der Waals surface area (Å²) in [5.41, 5.74) is 3.77. The number of likely N-dealkylation sites (tertiary alicyclic amines) is 2. The molecule has 2 N–H and O–H groups in total. The first-order chi connectivity index (χ1) is 37.6. The van der Waals surface area contributed by atoms with Crippen LogP contribution in [0.3, 0.4) is 0 Å². The molecule has 6 aromatic rings. The largest absolute Gasteiger partial charge is 0.493 e. The van der Waals surface area contributed by atoms with E-state index in [2.05, 4.69) is 42.7 Å². The molecule has 2 aliphatic heterocycles. The number of Topliss-reactive ketones (excluding diaryl/α,β-unsaturated/α-hetero) is 1. The monoisotopic (exact) mass is 1120 g/mol. The number of nitrogens with zero attached hydrogens (tertiary/aromatic N) is 4. The molecule has 3 atom stereocenters. The van der Waals surface area contributed by atoms with Gasteiger partial charge < -0.3 is 34.4 Å². The van der Waals surface area contributed by atoms with Gasteiger partial charge in [-0.15, -0.1) is 11.3 Å². The van der Waals surface area contributed by atoms with Gasteiger partial charge in [0, 0.05) is 92.8 Å². The molecule has 2 saturated heterocycles. The number of imidazole rings is 1. The number of benzene rings is 4. The van der Waals surface area contributed by atoms with E-state index in [1.165, 1.54) is 42.7 Å². The number of hydrogen-bond acceptors (Lipinski definition) is 12. The van der Waals surface area contributed by atoms with Crippen LogP contribution in [0.25, 0.3) is 21.5 Å². The molecular weight excluding hydrogens is 1040 g/mol. The first kappa shape index (κ1) is 58.4. The van der Waals surface area contributed by atoms with Crippen molar-refractivity contribution in [2.75, 3.05) is 32.8 Å². The Kier molecular flexibility index (Phi) is 18.6. The fraction of sp³-hybridized carbons (Fsp3) is 0.459. The van der Waals surface area contributed by atoms with Crippen molar-refractivity contribution in [3.05, 3.63) is 123 Å². The second-order valence-corrected chi connectivity index (χ2v) is 25.1. The number of fused-ring (bicyclic) bond motifs is 1. The van der Waals surface area contributed by atoms with Gasteiger partial charge in [-0.3, -0.25) is 28.3 Å². The zero-order valence-electron chi connectivity index (χ0n) is 46.7. The van der Waals surface area contributed by atoms with Crippen molar-refractivity contribution in [3.63, 3.8) is 0 Å². The van der Waals surface area contributed by atoms with E-state index in [-0.39, 0.29) is 71.6 Å². The molecule has 0 saturated carbocycles. The number of aliphatic hydroxyl groups excluding tert-OH is 1. The Balaban J connectivity index is 0.917. The Labute approximate surface area is 467 Å². The van der Waals surface area contributed by atoms with E-state index < -0.39 is 56.9 Å². The molecule has 4 heterocycles. The Hall–Kier alpha value is -6.76. The minimum absolute atomic E-state index is 0.0166. The van der Waals surface area contributed by atoms with Crippen molar-refractivity contribution in [2.24, 2.45) is 25.4 Å². The number of piperidine rings is 1. The molecule has 2 fully saturated rings. The lowest BCUT2D eigenvalue weighted by molar-refractivity contribution is -0.144. The van der Waals surface area contributed by atoms with E-state index in [0.29, 0.717) is 60.8 Å². The highest BCUT2D eigenvalue weighted by Gasteiger charge is 2.45. The van der Waals surface area contributed by atoms with Gasteiger partial charge in [0.05, 0.1) is 47.0 Å². The summed E-state index contributed by atoms with van der Waals surface area (Å²) in [5, 5.41) is 15.8. The second-order valence-electron chi connectivity index (χ2n) is 22.1. The third-order valence-electron chi connectivity index (χ3n) is 15.0. The first-order valence-corrected chi connectivity index (χ1v) is 30.0. The lowest BCUT2D eigenvalue weighted by atomic mass is 9.84. The highest BCUT2D eigenvalue weighted by atomic mass is 32.2. The molecule has 2 aliphatic rings. The van der Waals surface area contributed by atoms with Gasteiger partial charge in [-0.1, -0.05) is 77.8 Å². The van der Waals surface area contributed by atoms with Crippen LogP contribution in [0.5, 0.6) is 23.0 Å². The molecule has 0 bridgehead atoms. The van der Waals surface area contributed by atoms with Gasteiger partial charge in [0.25, 0.3) is 5.91 Å². The predicted molar refractivity (Wildman–Crippen MR) is 307 cm³/mol. The summed E-state index contributed by atoms with van der Waals surface area (Å²) in [6.45, 7) is 13.1. The van der Waals surface area contributed by atoms with E-state index in [4.69, 9.17) is 14.2 Å². The number of unbranched alkanes of at least 4 members (excludes halogenated alkanes) is 2. The molecule has 8 rings (SSSR count). The number of aromatic nitrogens is 2. The van der Waals surface area contributed by atoms with Gasteiger partial charge in [-0.2, -0.15) is 0 Å². The first-order valence-electron chi connectivity index (χ1n) is 27.5. The fourth-order valence-electron chi connectivity index (χ4n) is 10.4. The van der Waals surface area contributed by atoms with E-state index in [9.17, 15) is 37.5 Å². The van der Waals surface area contributed by atoms with E-state index in [0.717, 1.165) is 36.8 Å². The van der Waals surface area contributed by atoms with Gasteiger partial charge in [0.2, 0.25) is 11.8 Å². The number of ketones is 1. The molecule has 2 aromatic heterocycles. The average molecular weight is 1120 g/mol. The Bertz CT molecular complexity index is 3350. The topological polar surface area (TPSA) is 196 Å². The molecule has 0 unspecified atom stereocenters. The average Bonchev–Trinajstić information content (AvgIpc) is 4.24. The summed E-state index contributed by atoms with van der Waals surface area (Å²) in [7, 11) is -0.897. The minimum Gasteiger partial charge on any atom is -0.493 e. The molecule has 16 nitrogen and oxygen atoms in total. The third-order valence-corrected chi connectivity index (χ3v) is 17.8. The van der Waals surface area contributed by atoms with E-state index in [1.807, 2.05) is 39.8 Å². The van der Waals surface area contributed by atoms with Gasteiger partial charge >= 0.3 is 5.69 Å². The van der Waals surface area contributed by atoms with Crippen molar-refractivity contribution >= 4 is 55.7 Å². The van der Waals surface area contributed by atoms with Crippen molar-refractivity contribution in [1.82, 2.24) is 24.3 Å². The number of amides is 3. The third kappa shape index (κ3) is 13.8. The maximum atomic E-state index is 14.5. The van der Waals surface area contributed by atoms with Crippen LogP contribution in [-0.2, 0) is 50.5 Å². The smallest absolute Gasteiger partial charge is 0.328 e. The number of β-amino-alcohol motifs (C(OH)–C–C–N with tert-alkyl or cyclic N) is 1. The molecule has 0 spiro atoms. The molecule has 18 heteroatoms. The standard InChI is InChI=1S/C61H75N5O11S2/c1-9-11-12-28-76-47-33-46(75-27-10-2)34-48(35-47)77-54-36-51-50(63(7)60(72)64(51)8)31-44(54)38-79(73,74)49-15-13-14-43(30-49)58(70)65-25-22-42(23-26-65)57(69)62-56(61(4,5)6)59(71)66-37-45(67)32-52(66)53(68)21-18-40-16-19-41(20-17-40)55-39(3)24-29-78-55/h13-17,19-20,24,29-31,33-36,42,45,52,56,67H,9-12,18,21-23,25-28,32,37-38H2,1-8H3,(H,62,69)/t45-,52+,56-/m1/s1. The maximum absolute atomic E-state index is 14.5. The van der Waals surface area contributed by atoms with Gasteiger partial charge in [-0.25, -0.2) is 13.2 Å². The van der Waals surface area contributed by atoms with Crippen LogP contribution < -0.4 is 25.2 Å². The number of ether oxygens (including phenoxy) is 3. The summed E-state index contributed by atoms with van der Waals surface area (Å²) in [6.07, 6.45) is 4.21. The summed E-state index contributed by atoms with van der Waals surface area (Å²) in [4.78, 5) is 73.6. The molecule has 422 valence electrons. The summed E-state index contributed by atoms with van der Waals surface area (Å²) in [6, 6.07) is 22.8. The van der Waals surface area contributed by atoms with Crippen LogP contribution in [0.4, 0.5) is 0 Å². The molecule has 4 aromatic carbocycles. The number of sulfone groups is 1. The number of hydrogen-bond donors (Lipinski definition) is 2. The van der Waals surface area contributed by atoms with Crippen LogP contribution >= 0.6 is 11.3 Å². The molecule has 0 aliphatic carbocycles. The summed E-state index contributed by atoms with van der Waals surface area (Å²) >= 11 is 1.68. The van der Waals surface area contributed by atoms with Crippen LogP contribution in [0.1, 0.15) is 113 Å². The zero-order valence-corrected chi connectivity index (χ0v) is 48.3. The Morgan fingerprint density at radius 2 is 1.51 bits per heavy atom.